The van der Waals surface area contributed by atoms with Crippen molar-refractivity contribution in [3.63, 3.8) is 0 Å². The topological polar surface area (TPSA) is 72.5 Å². The highest BCUT2D eigenvalue weighted by Crippen LogP contribution is 2.34. The van der Waals surface area contributed by atoms with Crippen molar-refractivity contribution in [3.05, 3.63) is 35.4 Å². The van der Waals surface area contributed by atoms with E-state index < -0.39 is 18.0 Å². The minimum absolute atomic E-state index is 0.0786. The van der Waals surface area contributed by atoms with E-state index in [2.05, 4.69) is 4.74 Å². The van der Waals surface area contributed by atoms with E-state index in [4.69, 9.17) is 5.73 Å². The molecule has 0 aliphatic carbocycles. The van der Waals surface area contributed by atoms with Gasteiger partial charge in [0.15, 0.2) is 11.8 Å². The number of hydrogen-bond donors (Lipinski definition) is 2. The van der Waals surface area contributed by atoms with Crippen molar-refractivity contribution >= 4 is 6.29 Å². The molecule has 1 aromatic carbocycles. The molecule has 3 N–H and O–H groups in total. The molecular formula is C11H12F3NO3. The molecule has 1 rings (SSSR count). The molecule has 2 atom stereocenters. The van der Waals surface area contributed by atoms with E-state index in [9.17, 15) is 23.1 Å². The maximum atomic E-state index is 12.6. The van der Waals surface area contributed by atoms with Crippen LogP contribution < -0.4 is 5.73 Å². The van der Waals surface area contributed by atoms with Gasteiger partial charge >= 0.3 is 6.18 Å². The molecule has 0 aromatic heterocycles. The second-order valence-electron chi connectivity index (χ2n) is 3.65. The van der Waals surface area contributed by atoms with Crippen molar-refractivity contribution in [2.45, 2.75) is 18.0 Å². The zero-order chi connectivity index (χ0) is 14.0. The van der Waals surface area contributed by atoms with Crippen molar-refractivity contribution in [2.75, 3.05) is 7.11 Å². The number of benzene rings is 1. The highest BCUT2D eigenvalue weighted by atomic mass is 19.4. The Balaban J connectivity index is 3.35. The summed E-state index contributed by atoms with van der Waals surface area (Å²) in [4.78, 5) is 10.8. The molecule has 0 unspecified atom stereocenters. The summed E-state index contributed by atoms with van der Waals surface area (Å²) in [7, 11) is 0.927. The van der Waals surface area contributed by atoms with Crippen molar-refractivity contribution in [1.29, 1.82) is 0 Å². The first-order chi connectivity index (χ1) is 8.27. The molecule has 0 saturated heterocycles. The largest absolute Gasteiger partial charge is 0.418 e. The maximum Gasteiger partial charge on any atom is 0.418 e. The van der Waals surface area contributed by atoms with Crippen LogP contribution in [-0.4, -0.2) is 30.8 Å². The minimum atomic E-state index is -4.97. The number of nitrogens with two attached hydrogens (primary N) is 1. The van der Waals surface area contributed by atoms with E-state index >= 15 is 0 Å². The highest BCUT2D eigenvalue weighted by molar-refractivity contribution is 5.77. The lowest BCUT2D eigenvalue weighted by Gasteiger charge is -2.34. The third-order valence-electron chi connectivity index (χ3n) is 2.56. The maximum absolute atomic E-state index is 12.6. The molecular weight excluding hydrogens is 251 g/mol. The number of carbonyl (C=O) groups is 1. The molecule has 0 heterocycles. The summed E-state index contributed by atoms with van der Waals surface area (Å²) in [5, 5.41) is 9.29. The predicted molar refractivity (Wildman–Crippen MR) is 56.8 cm³/mol. The average molecular weight is 263 g/mol. The Morgan fingerprint density at radius 3 is 2.39 bits per heavy atom. The van der Waals surface area contributed by atoms with E-state index in [1.807, 2.05) is 0 Å². The monoisotopic (exact) mass is 263 g/mol. The van der Waals surface area contributed by atoms with Crippen LogP contribution in [0.5, 0.6) is 0 Å². The van der Waals surface area contributed by atoms with Crippen molar-refractivity contribution in [3.8, 4) is 0 Å². The standard InChI is InChI=1S/C11H12F3NO3/c1-18-10(15,9(17)11(12,13)14)8-5-3-2-4-7(8)6-16/h2-6,9,17H,15H2,1H3/t9-,10+/m1/s1. The van der Waals surface area contributed by atoms with Gasteiger partial charge in [-0.15, -0.1) is 0 Å². The van der Waals surface area contributed by atoms with E-state index in [1.54, 1.807) is 0 Å². The number of hydrogen-bond acceptors (Lipinski definition) is 4. The second-order valence-corrected chi connectivity index (χ2v) is 3.65. The van der Waals surface area contributed by atoms with Crippen molar-refractivity contribution in [1.82, 2.24) is 0 Å². The number of ether oxygens (including phenoxy) is 1. The van der Waals surface area contributed by atoms with Gasteiger partial charge in [-0.3, -0.25) is 10.5 Å². The van der Waals surface area contributed by atoms with Gasteiger partial charge in [-0.25, -0.2) is 0 Å². The number of aliphatic hydroxyl groups excluding tert-OH is 1. The molecule has 0 saturated carbocycles. The van der Waals surface area contributed by atoms with Crippen LogP contribution in [0.1, 0.15) is 15.9 Å². The van der Waals surface area contributed by atoms with Gasteiger partial charge < -0.3 is 9.84 Å². The molecule has 0 spiro atoms. The van der Waals surface area contributed by atoms with Crippen molar-refractivity contribution in [2.24, 2.45) is 5.73 Å². The first-order valence-electron chi connectivity index (χ1n) is 4.91. The Bertz CT molecular complexity index is 436. The van der Waals surface area contributed by atoms with Crippen molar-refractivity contribution < 1.29 is 27.8 Å². The number of carbonyl (C=O) groups excluding carboxylic acids is 1. The summed E-state index contributed by atoms with van der Waals surface area (Å²) in [5.41, 5.74) is 2.63. The number of alkyl halides is 3. The van der Waals surface area contributed by atoms with E-state index in [1.165, 1.54) is 24.3 Å². The molecule has 4 nitrogen and oxygen atoms in total. The Hall–Kier alpha value is -1.44. The quantitative estimate of drug-likeness (QED) is 0.632. The fourth-order valence-corrected chi connectivity index (χ4v) is 1.57. The lowest BCUT2D eigenvalue weighted by atomic mass is 9.93. The van der Waals surface area contributed by atoms with E-state index in [0.29, 0.717) is 6.29 Å². The number of rotatable bonds is 4. The zero-order valence-electron chi connectivity index (χ0n) is 9.44. The lowest BCUT2D eigenvalue weighted by molar-refractivity contribution is -0.265. The fraction of sp³-hybridized carbons (Fsp3) is 0.364. The molecule has 0 aliphatic heterocycles. The van der Waals surface area contributed by atoms with Gasteiger partial charge in [-0.05, 0) is 0 Å². The third-order valence-corrected chi connectivity index (χ3v) is 2.56. The van der Waals surface area contributed by atoms with Crippen LogP contribution in [-0.2, 0) is 10.5 Å². The van der Waals surface area contributed by atoms with Gasteiger partial charge in [0.05, 0.1) is 0 Å². The van der Waals surface area contributed by atoms with Gasteiger partial charge in [0, 0.05) is 18.2 Å². The van der Waals surface area contributed by atoms with E-state index in [-0.39, 0.29) is 11.1 Å². The molecule has 100 valence electrons. The Kier molecular flexibility index (Phi) is 4.10. The summed E-state index contributed by atoms with van der Waals surface area (Å²) < 4.78 is 42.3. The Labute approximate surface area is 101 Å². The summed E-state index contributed by atoms with van der Waals surface area (Å²) in [6.45, 7) is 0. The third kappa shape index (κ3) is 2.53. The Morgan fingerprint density at radius 2 is 1.94 bits per heavy atom. The van der Waals surface area contributed by atoms with Crippen LogP contribution in [0.25, 0.3) is 0 Å². The normalized spacial score (nSPS) is 17.0. The highest BCUT2D eigenvalue weighted by Gasteiger charge is 2.53. The van der Waals surface area contributed by atoms with Crippen LogP contribution >= 0.6 is 0 Å². The number of methoxy groups -OCH3 is 1. The Morgan fingerprint density at radius 1 is 1.39 bits per heavy atom. The van der Waals surface area contributed by atoms with Crippen LogP contribution in [0.15, 0.2) is 24.3 Å². The molecule has 0 fully saturated rings. The summed E-state index contributed by atoms with van der Waals surface area (Å²) >= 11 is 0. The lowest BCUT2D eigenvalue weighted by Crippen LogP contribution is -2.56. The number of aldehydes is 1. The van der Waals surface area contributed by atoms with Crippen LogP contribution in [0.2, 0.25) is 0 Å². The minimum Gasteiger partial charge on any atom is -0.380 e. The molecule has 0 bridgehead atoms. The molecule has 0 radical (unpaired) electrons. The first kappa shape index (κ1) is 14.6. The predicted octanol–water partition coefficient (Wildman–Crippen LogP) is 1.18. The molecule has 0 aliphatic rings. The number of aliphatic hydroxyl groups is 1. The van der Waals surface area contributed by atoms with Gasteiger partial charge in [0.2, 0.25) is 0 Å². The number of halogens is 3. The van der Waals surface area contributed by atoms with Crippen LogP contribution in [0, 0.1) is 0 Å². The SMILES string of the molecule is CO[C@@](N)(c1ccccc1C=O)[C@@H](O)C(F)(F)F. The first-order valence-corrected chi connectivity index (χ1v) is 4.91. The molecule has 7 heteroatoms. The average Bonchev–Trinajstić information content (AvgIpc) is 2.35. The summed E-state index contributed by atoms with van der Waals surface area (Å²) in [5.74, 6) is 0. The molecule has 0 amide bonds. The molecule has 1 aromatic rings. The zero-order valence-corrected chi connectivity index (χ0v) is 9.44. The summed E-state index contributed by atoms with van der Waals surface area (Å²) in [6, 6.07) is 5.34. The molecule has 18 heavy (non-hydrogen) atoms. The van der Waals surface area contributed by atoms with Gasteiger partial charge in [0.25, 0.3) is 0 Å². The smallest absolute Gasteiger partial charge is 0.380 e. The van der Waals surface area contributed by atoms with Crippen LogP contribution in [0.3, 0.4) is 0 Å². The fourth-order valence-electron chi connectivity index (χ4n) is 1.57. The van der Waals surface area contributed by atoms with Gasteiger partial charge in [-0.2, -0.15) is 13.2 Å². The van der Waals surface area contributed by atoms with E-state index in [0.717, 1.165) is 7.11 Å². The van der Waals surface area contributed by atoms with Gasteiger partial charge in [-0.1, -0.05) is 24.3 Å². The van der Waals surface area contributed by atoms with Crippen LogP contribution in [0.4, 0.5) is 13.2 Å². The summed E-state index contributed by atoms with van der Waals surface area (Å²) in [6.07, 6.45) is -7.57. The van der Waals surface area contributed by atoms with Gasteiger partial charge in [0.1, 0.15) is 6.29 Å². The second kappa shape index (κ2) is 5.05.